The minimum absolute atomic E-state index is 0.0543. The summed E-state index contributed by atoms with van der Waals surface area (Å²) in [7, 11) is 0. The Kier molecular flexibility index (Phi) is 5.82. The zero-order chi connectivity index (χ0) is 16.7. The normalized spacial score (nSPS) is 10.2. The quantitative estimate of drug-likeness (QED) is 0.767. The molecule has 6 heteroatoms. The second-order valence-electron chi connectivity index (χ2n) is 5.01. The Morgan fingerprint density at radius 3 is 2.39 bits per heavy atom. The summed E-state index contributed by atoms with van der Waals surface area (Å²) in [6, 6.07) is 13.3. The van der Waals surface area contributed by atoms with Crippen LogP contribution in [0, 0.1) is 5.82 Å². The Morgan fingerprint density at radius 1 is 1.00 bits per heavy atom. The number of amides is 2. The molecule has 0 aromatic heterocycles. The van der Waals surface area contributed by atoms with Gasteiger partial charge in [-0.05, 0) is 24.3 Å². The van der Waals surface area contributed by atoms with Gasteiger partial charge in [0.2, 0.25) is 11.8 Å². The molecule has 2 rings (SSSR count). The van der Waals surface area contributed by atoms with E-state index in [1.807, 2.05) is 0 Å². The molecule has 5 nitrogen and oxygen atoms in total. The molecule has 0 atom stereocenters. The summed E-state index contributed by atoms with van der Waals surface area (Å²) < 4.78 is 13.4. The number of nitrogens with one attached hydrogen (secondary N) is 3. The number of rotatable bonds is 6. The first-order valence-electron chi connectivity index (χ1n) is 7.16. The second kappa shape index (κ2) is 8.05. The Labute approximate surface area is 133 Å². The molecule has 0 saturated carbocycles. The minimum Gasteiger partial charge on any atom is -0.326 e. The third-order valence-corrected chi connectivity index (χ3v) is 3.03. The van der Waals surface area contributed by atoms with E-state index in [2.05, 4.69) is 16.0 Å². The maximum absolute atomic E-state index is 13.4. The van der Waals surface area contributed by atoms with Gasteiger partial charge >= 0.3 is 0 Å². The lowest BCUT2D eigenvalue weighted by atomic mass is 10.2. The van der Waals surface area contributed by atoms with Crippen molar-refractivity contribution < 1.29 is 14.0 Å². The van der Waals surface area contributed by atoms with Crippen LogP contribution >= 0.6 is 0 Å². The van der Waals surface area contributed by atoms with Crippen LogP contribution in [0.4, 0.5) is 15.8 Å². The zero-order valence-electron chi connectivity index (χ0n) is 12.7. The molecule has 0 saturated heterocycles. The van der Waals surface area contributed by atoms with Crippen LogP contribution in [0.2, 0.25) is 0 Å². The number of carbonyl (C=O) groups excluding carboxylic acids is 2. The fourth-order valence-corrected chi connectivity index (χ4v) is 2.04. The molecule has 0 heterocycles. The molecule has 3 N–H and O–H groups in total. The van der Waals surface area contributed by atoms with E-state index in [9.17, 15) is 14.0 Å². The number of hydrogen-bond donors (Lipinski definition) is 3. The van der Waals surface area contributed by atoms with Crippen LogP contribution in [0.5, 0.6) is 0 Å². The van der Waals surface area contributed by atoms with Crippen LogP contribution in [0.15, 0.2) is 48.5 Å². The van der Waals surface area contributed by atoms with Gasteiger partial charge in [-0.3, -0.25) is 9.59 Å². The molecular weight excluding hydrogens is 297 g/mol. The third-order valence-electron chi connectivity index (χ3n) is 3.03. The predicted molar refractivity (Wildman–Crippen MR) is 87.5 cm³/mol. The number of carbonyl (C=O) groups is 2. The average molecular weight is 315 g/mol. The first kappa shape index (κ1) is 16.6. The summed E-state index contributed by atoms with van der Waals surface area (Å²) >= 11 is 0. The van der Waals surface area contributed by atoms with Crippen LogP contribution in [-0.2, 0) is 16.1 Å². The largest absolute Gasteiger partial charge is 0.326 e. The van der Waals surface area contributed by atoms with E-state index in [0.717, 1.165) is 0 Å². The van der Waals surface area contributed by atoms with E-state index in [0.29, 0.717) is 16.9 Å². The summed E-state index contributed by atoms with van der Waals surface area (Å²) in [6.45, 7) is 1.74. The maximum Gasteiger partial charge on any atom is 0.238 e. The molecule has 0 spiro atoms. The van der Waals surface area contributed by atoms with E-state index < -0.39 is 0 Å². The maximum atomic E-state index is 13.4. The molecule has 2 aromatic rings. The van der Waals surface area contributed by atoms with Gasteiger partial charge in [-0.1, -0.05) is 24.3 Å². The van der Waals surface area contributed by atoms with Crippen LogP contribution in [-0.4, -0.2) is 18.4 Å². The van der Waals surface area contributed by atoms with Gasteiger partial charge in [0.15, 0.2) is 0 Å². The molecule has 0 bridgehead atoms. The summed E-state index contributed by atoms with van der Waals surface area (Å²) in [5.41, 5.74) is 1.69. The Morgan fingerprint density at radius 2 is 1.70 bits per heavy atom. The Hall–Kier alpha value is -2.73. The summed E-state index contributed by atoms with van der Waals surface area (Å²) in [4.78, 5) is 22.9. The molecule has 2 aromatic carbocycles. The lowest BCUT2D eigenvalue weighted by molar-refractivity contribution is -0.115. The van der Waals surface area contributed by atoms with Crippen LogP contribution < -0.4 is 16.0 Å². The number of halogens is 1. The van der Waals surface area contributed by atoms with Crippen molar-refractivity contribution in [3.8, 4) is 0 Å². The fourth-order valence-electron chi connectivity index (χ4n) is 2.04. The van der Waals surface area contributed by atoms with Crippen LogP contribution in [0.1, 0.15) is 12.5 Å². The monoisotopic (exact) mass is 315 g/mol. The Bertz CT molecular complexity index is 704. The smallest absolute Gasteiger partial charge is 0.238 e. The molecular formula is C17H18FN3O2. The van der Waals surface area contributed by atoms with Crippen molar-refractivity contribution in [2.24, 2.45) is 0 Å². The number of anilines is 2. The minimum atomic E-state index is -0.302. The predicted octanol–water partition coefficient (Wildman–Crippen LogP) is 2.51. The lowest BCUT2D eigenvalue weighted by Crippen LogP contribution is -2.28. The van der Waals surface area contributed by atoms with E-state index in [4.69, 9.17) is 0 Å². The highest BCUT2D eigenvalue weighted by Gasteiger charge is 2.05. The van der Waals surface area contributed by atoms with Crippen LogP contribution in [0.25, 0.3) is 0 Å². The first-order valence-corrected chi connectivity index (χ1v) is 7.16. The van der Waals surface area contributed by atoms with Crippen molar-refractivity contribution in [2.75, 3.05) is 17.2 Å². The molecule has 0 fully saturated rings. The molecule has 0 aliphatic heterocycles. The van der Waals surface area contributed by atoms with Gasteiger partial charge in [-0.15, -0.1) is 0 Å². The number of hydrogen-bond acceptors (Lipinski definition) is 3. The summed E-state index contributed by atoms with van der Waals surface area (Å²) in [5, 5.41) is 8.24. The van der Waals surface area contributed by atoms with E-state index in [1.165, 1.54) is 13.0 Å². The van der Waals surface area contributed by atoms with Crippen LogP contribution in [0.3, 0.4) is 0 Å². The van der Waals surface area contributed by atoms with Gasteiger partial charge < -0.3 is 16.0 Å². The Balaban J connectivity index is 1.83. The first-order chi connectivity index (χ1) is 11.0. The van der Waals surface area contributed by atoms with E-state index in [1.54, 1.807) is 42.5 Å². The zero-order valence-corrected chi connectivity index (χ0v) is 12.7. The van der Waals surface area contributed by atoms with Crippen molar-refractivity contribution in [3.63, 3.8) is 0 Å². The van der Waals surface area contributed by atoms with Crippen molar-refractivity contribution in [1.82, 2.24) is 5.32 Å². The van der Waals surface area contributed by atoms with Gasteiger partial charge in [0.25, 0.3) is 0 Å². The third kappa shape index (κ3) is 5.52. The van der Waals surface area contributed by atoms with E-state index >= 15 is 0 Å². The fraction of sp³-hybridized carbons (Fsp3) is 0.176. The summed E-state index contributed by atoms with van der Waals surface area (Å²) in [5.74, 6) is -0.732. The van der Waals surface area contributed by atoms with Crippen molar-refractivity contribution >= 4 is 23.2 Å². The molecule has 0 aliphatic rings. The van der Waals surface area contributed by atoms with Gasteiger partial charge in [-0.25, -0.2) is 4.39 Å². The average Bonchev–Trinajstić information content (AvgIpc) is 2.49. The molecule has 0 aliphatic carbocycles. The lowest BCUT2D eigenvalue weighted by Gasteiger charge is -2.09. The highest BCUT2D eigenvalue weighted by atomic mass is 19.1. The highest BCUT2D eigenvalue weighted by Crippen LogP contribution is 2.14. The molecule has 120 valence electrons. The van der Waals surface area contributed by atoms with Crippen molar-refractivity contribution in [2.45, 2.75) is 13.5 Å². The van der Waals surface area contributed by atoms with Gasteiger partial charge in [0.05, 0.1) is 6.54 Å². The second-order valence-corrected chi connectivity index (χ2v) is 5.01. The van der Waals surface area contributed by atoms with Crippen molar-refractivity contribution in [3.05, 3.63) is 59.9 Å². The SMILES string of the molecule is CC(=O)Nc1cccc(NC(=O)CNCc2ccccc2F)c1. The van der Waals surface area contributed by atoms with Gasteiger partial charge in [0.1, 0.15) is 5.82 Å². The molecule has 23 heavy (non-hydrogen) atoms. The highest BCUT2D eigenvalue weighted by molar-refractivity contribution is 5.94. The van der Waals surface area contributed by atoms with Gasteiger partial charge in [-0.2, -0.15) is 0 Å². The van der Waals surface area contributed by atoms with Crippen molar-refractivity contribution in [1.29, 1.82) is 0 Å². The topological polar surface area (TPSA) is 70.2 Å². The molecule has 0 radical (unpaired) electrons. The van der Waals surface area contributed by atoms with Gasteiger partial charge in [0, 0.05) is 30.4 Å². The number of benzene rings is 2. The standard InChI is InChI=1S/C17H18FN3O2/c1-12(22)20-14-6-4-7-15(9-14)21-17(23)11-19-10-13-5-2-3-8-16(13)18/h2-9,19H,10-11H2,1H3,(H,20,22)(H,21,23). The summed E-state index contributed by atoms with van der Waals surface area (Å²) in [6.07, 6.45) is 0. The molecule has 2 amide bonds. The molecule has 0 unspecified atom stereocenters. The van der Waals surface area contributed by atoms with E-state index in [-0.39, 0.29) is 30.7 Å².